The predicted molar refractivity (Wildman–Crippen MR) is 123 cm³/mol. The smallest absolute Gasteiger partial charge is 0.283 e. The van der Waals surface area contributed by atoms with E-state index in [2.05, 4.69) is 10.6 Å². The van der Waals surface area contributed by atoms with Gasteiger partial charge in [0.2, 0.25) is 0 Å². The first-order chi connectivity index (χ1) is 15.5. The zero-order valence-corrected chi connectivity index (χ0v) is 18.4. The number of methoxy groups -OCH3 is 1. The summed E-state index contributed by atoms with van der Waals surface area (Å²) in [6.07, 6.45) is 5.44. The average molecular weight is 454 g/mol. The second-order valence-electron chi connectivity index (χ2n) is 7.85. The molecule has 8 heteroatoms. The topological polar surface area (TPSA) is 87.7 Å². The largest absolute Gasteiger partial charge is 0.497 e. The van der Waals surface area contributed by atoms with Gasteiger partial charge >= 0.3 is 0 Å². The number of hydrogen-bond donors (Lipinski definition) is 2. The van der Waals surface area contributed by atoms with Crippen LogP contribution in [0.15, 0.2) is 59.3 Å². The summed E-state index contributed by atoms with van der Waals surface area (Å²) < 4.78 is 5.12. The number of nitrogens with zero attached hydrogens (tertiary/aromatic N) is 1. The van der Waals surface area contributed by atoms with Crippen molar-refractivity contribution in [2.75, 3.05) is 17.3 Å². The molecule has 32 heavy (non-hydrogen) atoms. The lowest BCUT2D eigenvalue weighted by Gasteiger charge is -2.22. The third-order valence-electron chi connectivity index (χ3n) is 5.69. The normalized spacial score (nSPS) is 17.0. The van der Waals surface area contributed by atoms with Gasteiger partial charge in [0, 0.05) is 17.3 Å². The number of carbonyl (C=O) groups excluding carboxylic acids is 3. The minimum absolute atomic E-state index is 0.0303. The summed E-state index contributed by atoms with van der Waals surface area (Å²) in [4.78, 5) is 39.3. The summed E-state index contributed by atoms with van der Waals surface area (Å²) in [6.45, 7) is 0. The number of ether oxygens (including phenoxy) is 1. The van der Waals surface area contributed by atoms with Gasteiger partial charge in [-0.25, -0.2) is 4.90 Å². The molecule has 0 unspecified atom stereocenters. The molecule has 1 aliphatic carbocycles. The van der Waals surface area contributed by atoms with Gasteiger partial charge in [0.05, 0.1) is 12.8 Å². The van der Waals surface area contributed by atoms with Crippen molar-refractivity contribution in [1.29, 1.82) is 0 Å². The van der Waals surface area contributed by atoms with Crippen LogP contribution in [-0.4, -0.2) is 30.9 Å². The number of benzene rings is 2. The highest BCUT2D eigenvalue weighted by atomic mass is 35.5. The van der Waals surface area contributed by atoms with Gasteiger partial charge in [0.15, 0.2) is 0 Å². The van der Waals surface area contributed by atoms with E-state index in [0.717, 1.165) is 30.6 Å². The van der Waals surface area contributed by atoms with E-state index in [4.69, 9.17) is 16.3 Å². The second kappa shape index (κ2) is 9.44. The number of halogens is 1. The van der Waals surface area contributed by atoms with Crippen molar-refractivity contribution >= 4 is 40.7 Å². The van der Waals surface area contributed by atoms with Crippen molar-refractivity contribution in [3.05, 3.63) is 64.8 Å². The van der Waals surface area contributed by atoms with Gasteiger partial charge in [-0.2, -0.15) is 0 Å². The van der Waals surface area contributed by atoms with E-state index in [1.807, 2.05) is 0 Å². The van der Waals surface area contributed by atoms with E-state index in [-0.39, 0.29) is 22.7 Å². The Morgan fingerprint density at radius 2 is 1.75 bits per heavy atom. The van der Waals surface area contributed by atoms with Crippen LogP contribution >= 0.6 is 11.6 Å². The lowest BCUT2D eigenvalue weighted by Crippen LogP contribution is -2.36. The molecule has 1 saturated carbocycles. The maximum atomic E-state index is 13.0. The fourth-order valence-electron chi connectivity index (χ4n) is 3.98. The Labute approximate surface area is 191 Å². The highest BCUT2D eigenvalue weighted by Gasteiger charge is 2.39. The molecule has 2 aliphatic rings. The molecule has 1 heterocycles. The first-order valence-electron chi connectivity index (χ1n) is 10.6. The molecule has 2 N–H and O–H groups in total. The number of carbonyl (C=O) groups is 3. The van der Waals surface area contributed by atoms with E-state index >= 15 is 0 Å². The molecule has 3 amide bonds. The van der Waals surface area contributed by atoms with Crippen LogP contribution in [0.4, 0.5) is 11.4 Å². The minimum Gasteiger partial charge on any atom is -0.497 e. The van der Waals surface area contributed by atoms with Crippen molar-refractivity contribution in [1.82, 2.24) is 5.32 Å². The fourth-order valence-corrected chi connectivity index (χ4v) is 4.19. The molecule has 1 aliphatic heterocycles. The summed E-state index contributed by atoms with van der Waals surface area (Å²) in [6, 6.07) is 13.5. The van der Waals surface area contributed by atoms with Gasteiger partial charge in [-0.3, -0.25) is 14.4 Å². The number of rotatable bonds is 6. The summed E-state index contributed by atoms with van der Waals surface area (Å²) in [5, 5.41) is 5.79. The molecule has 1 fully saturated rings. The minimum atomic E-state index is -0.615. The standard InChI is InChI=1S/C24H24ClN3O4/c1-32-19-12-10-18(11-13-19)28-23(30)20(25)21(24(28)31)26-17-9-5-6-15(14-17)22(29)27-16-7-3-2-4-8-16/h5-6,9-14,16,26H,2-4,7-8H2,1H3,(H,27,29). The van der Waals surface area contributed by atoms with E-state index in [1.165, 1.54) is 13.5 Å². The van der Waals surface area contributed by atoms with Crippen molar-refractivity contribution in [2.45, 2.75) is 38.1 Å². The number of amides is 3. The summed E-state index contributed by atoms with van der Waals surface area (Å²) >= 11 is 6.21. The number of anilines is 2. The van der Waals surface area contributed by atoms with Crippen LogP contribution in [0, 0.1) is 0 Å². The molecule has 0 aromatic heterocycles. The maximum Gasteiger partial charge on any atom is 0.283 e. The van der Waals surface area contributed by atoms with Crippen LogP contribution in [0.2, 0.25) is 0 Å². The molecule has 2 aromatic carbocycles. The predicted octanol–water partition coefficient (Wildman–Crippen LogP) is 4.19. The lowest BCUT2D eigenvalue weighted by atomic mass is 9.95. The molecule has 0 spiro atoms. The summed E-state index contributed by atoms with van der Waals surface area (Å²) in [5.41, 5.74) is 1.32. The molecule has 0 atom stereocenters. The maximum absolute atomic E-state index is 13.0. The monoisotopic (exact) mass is 453 g/mol. The van der Waals surface area contributed by atoms with Gasteiger partial charge in [-0.15, -0.1) is 0 Å². The molecule has 4 rings (SSSR count). The molecule has 166 valence electrons. The Morgan fingerprint density at radius 3 is 2.44 bits per heavy atom. The Kier molecular flexibility index (Phi) is 6.46. The van der Waals surface area contributed by atoms with E-state index in [9.17, 15) is 14.4 Å². The third kappa shape index (κ3) is 4.48. The Balaban J connectivity index is 1.49. The summed E-state index contributed by atoms with van der Waals surface area (Å²) in [5.74, 6) is -0.736. The molecule has 7 nitrogen and oxygen atoms in total. The molecule has 0 radical (unpaired) electrons. The second-order valence-corrected chi connectivity index (χ2v) is 8.22. The van der Waals surface area contributed by atoms with Crippen molar-refractivity contribution < 1.29 is 19.1 Å². The molecule has 0 bridgehead atoms. The fraction of sp³-hybridized carbons (Fsp3) is 0.292. The van der Waals surface area contributed by atoms with Gasteiger partial charge < -0.3 is 15.4 Å². The van der Waals surface area contributed by atoms with Crippen LogP contribution in [0.5, 0.6) is 5.75 Å². The molecule has 2 aromatic rings. The third-order valence-corrected chi connectivity index (χ3v) is 6.04. The molecular formula is C24H24ClN3O4. The first kappa shape index (κ1) is 21.9. The van der Waals surface area contributed by atoms with Gasteiger partial charge in [-0.1, -0.05) is 36.9 Å². The van der Waals surface area contributed by atoms with E-state index in [0.29, 0.717) is 22.7 Å². The highest BCUT2D eigenvalue weighted by Crippen LogP contribution is 2.31. The Morgan fingerprint density at radius 1 is 1.03 bits per heavy atom. The van der Waals surface area contributed by atoms with Gasteiger partial charge in [0.25, 0.3) is 17.7 Å². The lowest BCUT2D eigenvalue weighted by molar-refractivity contribution is -0.120. The van der Waals surface area contributed by atoms with Crippen molar-refractivity contribution in [3.63, 3.8) is 0 Å². The zero-order chi connectivity index (χ0) is 22.7. The number of hydrogen-bond acceptors (Lipinski definition) is 5. The Hall–Kier alpha value is -3.32. The van der Waals surface area contributed by atoms with Crippen LogP contribution in [0.3, 0.4) is 0 Å². The first-order valence-corrected chi connectivity index (χ1v) is 11.0. The molecule has 0 saturated heterocycles. The van der Waals surface area contributed by atoms with Gasteiger partial charge in [0.1, 0.15) is 16.5 Å². The van der Waals surface area contributed by atoms with Crippen LogP contribution in [0.25, 0.3) is 0 Å². The quantitative estimate of drug-likeness (QED) is 0.640. The van der Waals surface area contributed by atoms with Crippen molar-refractivity contribution in [3.8, 4) is 5.75 Å². The van der Waals surface area contributed by atoms with Crippen LogP contribution in [0.1, 0.15) is 42.5 Å². The number of nitrogens with one attached hydrogen (secondary N) is 2. The van der Waals surface area contributed by atoms with Crippen LogP contribution < -0.4 is 20.3 Å². The molecular weight excluding hydrogens is 430 g/mol. The average Bonchev–Trinajstić information content (AvgIpc) is 3.03. The van der Waals surface area contributed by atoms with Crippen LogP contribution in [-0.2, 0) is 9.59 Å². The van der Waals surface area contributed by atoms with Crippen molar-refractivity contribution in [2.24, 2.45) is 0 Å². The number of imide groups is 1. The van der Waals surface area contributed by atoms with E-state index < -0.39 is 11.8 Å². The van der Waals surface area contributed by atoms with Gasteiger partial charge in [-0.05, 0) is 55.3 Å². The summed E-state index contributed by atoms with van der Waals surface area (Å²) in [7, 11) is 1.53. The SMILES string of the molecule is COc1ccc(N2C(=O)C(Cl)=C(Nc3cccc(C(=O)NC4CCCCC4)c3)C2=O)cc1. The zero-order valence-electron chi connectivity index (χ0n) is 17.7. The highest BCUT2D eigenvalue weighted by molar-refractivity contribution is 6.53. The van der Waals surface area contributed by atoms with E-state index in [1.54, 1.807) is 48.5 Å². The Bertz CT molecular complexity index is 1070.